The van der Waals surface area contributed by atoms with Crippen LogP contribution in [-0.2, 0) is 6.42 Å². The fraction of sp³-hybridized carbons (Fsp3) is 0.533. The summed E-state index contributed by atoms with van der Waals surface area (Å²) in [6, 6.07) is 6.09. The van der Waals surface area contributed by atoms with Crippen LogP contribution in [0.3, 0.4) is 0 Å². The third kappa shape index (κ3) is 6.12. The van der Waals surface area contributed by atoms with Crippen molar-refractivity contribution in [2.24, 2.45) is 4.99 Å². The average molecular weight is 437 g/mol. The molecule has 0 radical (unpaired) electrons. The zero-order chi connectivity index (χ0) is 14.9. The van der Waals surface area contributed by atoms with Crippen LogP contribution in [0.1, 0.15) is 12.5 Å². The molecule has 0 aromatic heterocycles. The Balaban J connectivity index is 0.00000242. The Morgan fingerprint density at radius 2 is 2.09 bits per heavy atom. The van der Waals surface area contributed by atoms with Gasteiger partial charge in [-0.25, -0.2) is 0 Å². The predicted molar refractivity (Wildman–Crippen MR) is 104 cm³/mol. The van der Waals surface area contributed by atoms with Gasteiger partial charge in [0.1, 0.15) is 0 Å². The van der Waals surface area contributed by atoms with Gasteiger partial charge in [0.05, 0.1) is 6.54 Å². The van der Waals surface area contributed by atoms with E-state index in [2.05, 4.69) is 34.9 Å². The maximum atomic E-state index is 5.39. The summed E-state index contributed by atoms with van der Waals surface area (Å²) in [6.07, 6.45) is 3.01. The summed E-state index contributed by atoms with van der Waals surface area (Å²) in [5.74, 6) is 3.60. The molecule has 0 fully saturated rings. The zero-order valence-corrected chi connectivity index (χ0v) is 16.2. The molecule has 0 saturated heterocycles. The average Bonchev–Trinajstić information content (AvgIpc) is 2.95. The van der Waals surface area contributed by atoms with E-state index < -0.39 is 0 Å². The number of benzene rings is 1. The molecule has 0 unspecified atom stereocenters. The van der Waals surface area contributed by atoms with Crippen molar-refractivity contribution in [3.8, 4) is 11.5 Å². The van der Waals surface area contributed by atoms with Crippen molar-refractivity contribution in [2.45, 2.75) is 13.3 Å². The number of thioether (sulfide) groups is 1. The van der Waals surface area contributed by atoms with E-state index in [0.29, 0.717) is 6.79 Å². The highest BCUT2D eigenvalue weighted by atomic mass is 127. The molecule has 0 amide bonds. The number of rotatable bonds is 7. The van der Waals surface area contributed by atoms with Crippen molar-refractivity contribution < 1.29 is 9.47 Å². The summed E-state index contributed by atoms with van der Waals surface area (Å²) in [5.41, 5.74) is 1.23. The van der Waals surface area contributed by atoms with Crippen molar-refractivity contribution in [1.82, 2.24) is 10.6 Å². The van der Waals surface area contributed by atoms with Crippen LogP contribution < -0.4 is 20.1 Å². The molecular formula is C15H24IN3O2S. The summed E-state index contributed by atoms with van der Waals surface area (Å²) in [4.78, 5) is 4.52. The van der Waals surface area contributed by atoms with Crippen molar-refractivity contribution in [3.63, 3.8) is 0 Å². The number of halogens is 1. The fourth-order valence-electron chi connectivity index (χ4n) is 2.01. The minimum Gasteiger partial charge on any atom is -0.454 e. The standard InChI is InChI=1S/C15H23N3O2S.HI/c1-3-16-15(18-8-9-21-2)17-7-6-12-4-5-13-14(10-12)20-11-19-13;/h4-5,10H,3,6-9,11H2,1-2H3,(H2,16,17,18);1H. The van der Waals surface area contributed by atoms with Crippen molar-refractivity contribution in [3.05, 3.63) is 23.8 Å². The number of guanidine groups is 1. The molecule has 0 bridgehead atoms. The largest absolute Gasteiger partial charge is 0.454 e. The Morgan fingerprint density at radius 3 is 2.86 bits per heavy atom. The molecule has 22 heavy (non-hydrogen) atoms. The van der Waals surface area contributed by atoms with E-state index in [0.717, 1.165) is 49.3 Å². The number of aliphatic imine (C=N–C) groups is 1. The minimum atomic E-state index is 0. The van der Waals surface area contributed by atoms with E-state index in [1.165, 1.54) is 5.56 Å². The van der Waals surface area contributed by atoms with E-state index in [1.54, 1.807) is 11.8 Å². The van der Waals surface area contributed by atoms with Crippen LogP contribution in [0, 0.1) is 0 Å². The lowest BCUT2D eigenvalue weighted by Crippen LogP contribution is -2.38. The molecular weight excluding hydrogens is 413 g/mol. The monoisotopic (exact) mass is 437 g/mol. The lowest BCUT2D eigenvalue weighted by Gasteiger charge is -2.11. The molecule has 0 atom stereocenters. The van der Waals surface area contributed by atoms with Gasteiger partial charge in [0.25, 0.3) is 0 Å². The summed E-state index contributed by atoms with van der Waals surface area (Å²) >= 11 is 1.81. The number of fused-ring (bicyclic) bond motifs is 1. The van der Waals surface area contributed by atoms with Gasteiger partial charge in [0, 0.05) is 18.8 Å². The highest BCUT2D eigenvalue weighted by Gasteiger charge is 2.12. The Morgan fingerprint density at radius 1 is 1.27 bits per heavy atom. The van der Waals surface area contributed by atoms with Crippen molar-refractivity contribution >= 4 is 41.7 Å². The van der Waals surface area contributed by atoms with Gasteiger partial charge in [-0.3, -0.25) is 4.99 Å². The van der Waals surface area contributed by atoms with Gasteiger partial charge in [-0.2, -0.15) is 11.8 Å². The molecule has 0 spiro atoms. The molecule has 1 aliphatic rings. The minimum absolute atomic E-state index is 0. The Labute approximate surface area is 153 Å². The second-order valence-corrected chi connectivity index (χ2v) is 5.60. The molecule has 0 aliphatic carbocycles. The van der Waals surface area contributed by atoms with Crippen LogP contribution in [0.2, 0.25) is 0 Å². The third-order valence-corrected chi connectivity index (χ3v) is 3.64. The number of nitrogens with one attached hydrogen (secondary N) is 2. The van der Waals surface area contributed by atoms with Crippen LogP contribution >= 0.6 is 35.7 Å². The number of nitrogens with zero attached hydrogens (tertiary/aromatic N) is 1. The summed E-state index contributed by atoms with van der Waals surface area (Å²) < 4.78 is 10.7. The first kappa shape index (κ1) is 19.2. The van der Waals surface area contributed by atoms with Gasteiger partial charge in [-0.1, -0.05) is 6.07 Å². The SMILES string of the molecule is CCNC(=NCCSC)NCCc1ccc2c(c1)OCO2.I. The Hall–Kier alpha value is -0.830. The second-order valence-electron chi connectivity index (χ2n) is 4.62. The van der Waals surface area contributed by atoms with E-state index in [-0.39, 0.29) is 24.0 Å². The Kier molecular flexibility index (Phi) is 9.45. The van der Waals surface area contributed by atoms with E-state index in [4.69, 9.17) is 9.47 Å². The fourth-order valence-corrected chi connectivity index (χ4v) is 2.29. The molecule has 0 saturated carbocycles. The molecule has 1 aromatic rings. The molecule has 2 rings (SSSR count). The van der Waals surface area contributed by atoms with Gasteiger partial charge in [-0.15, -0.1) is 24.0 Å². The van der Waals surface area contributed by atoms with Crippen LogP contribution in [0.5, 0.6) is 11.5 Å². The lowest BCUT2D eigenvalue weighted by molar-refractivity contribution is 0.174. The van der Waals surface area contributed by atoms with Crippen LogP contribution in [-0.4, -0.2) is 44.4 Å². The normalized spacial score (nSPS) is 12.7. The Bertz CT molecular complexity index is 486. The molecule has 7 heteroatoms. The van der Waals surface area contributed by atoms with Crippen molar-refractivity contribution in [1.29, 1.82) is 0 Å². The topological polar surface area (TPSA) is 54.9 Å². The molecule has 1 aromatic carbocycles. The van der Waals surface area contributed by atoms with E-state index in [1.807, 2.05) is 12.1 Å². The molecule has 124 valence electrons. The summed E-state index contributed by atoms with van der Waals surface area (Å²) in [5, 5.41) is 6.61. The number of hydrogen-bond donors (Lipinski definition) is 2. The highest BCUT2D eigenvalue weighted by Crippen LogP contribution is 2.32. The lowest BCUT2D eigenvalue weighted by atomic mass is 10.1. The number of ether oxygens (including phenoxy) is 2. The zero-order valence-electron chi connectivity index (χ0n) is 13.1. The molecule has 2 N–H and O–H groups in total. The van der Waals surface area contributed by atoms with Gasteiger partial charge in [0.2, 0.25) is 6.79 Å². The predicted octanol–water partition coefficient (Wildman–Crippen LogP) is 2.49. The first-order valence-electron chi connectivity index (χ1n) is 7.23. The van der Waals surface area contributed by atoms with Gasteiger partial charge in [0.15, 0.2) is 17.5 Å². The van der Waals surface area contributed by atoms with Crippen LogP contribution in [0.4, 0.5) is 0 Å². The van der Waals surface area contributed by atoms with Crippen LogP contribution in [0.15, 0.2) is 23.2 Å². The van der Waals surface area contributed by atoms with Crippen LogP contribution in [0.25, 0.3) is 0 Å². The highest BCUT2D eigenvalue weighted by molar-refractivity contribution is 14.0. The first-order chi connectivity index (χ1) is 10.3. The number of hydrogen-bond acceptors (Lipinski definition) is 4. The van der Waals surface area contributed by atoms with Crippen molar-refractivity contribution in [2.75, 3.05) is 38.4 Å². The summed E-state index contributed by atoms with van der Waals surface area (Å²) in [7, 11) is 0. The quantitative estimate of drug-likeness (QED) is 0.297. The maximum absolute atomic E-state index is 5.39. The second kappa shape index (κ2) is 10.8. The molecule has 1 heterocycles. The van der Waals surface area contributed by atoms with Gasteiger partial charge < -0.3 is 20.1 Å². The van der Waals surface area contributed by atoms with Gasteiger partial charge >= 0.3 is 0 Å². The van der Waals surface area contributed by atoms with E-state index in [9.17, 15) is 0 Å². The molecule has 5 nitrogen and oxygen atoms in total. The van der Waals surface area contributed by atoms with Gasteiger partial charge in [-0.05, 0) is 37.3 Å². The van der Waals surface area contributed by atoms with E-state index >= 15 is 0 Å². The smallest absolute Gasteiger partial charge is 0.231 e. The maximum Gasteiger partial charge on any atom is 0.231 e. The third-order valence-electron chi connectivity index (χ3n) is 3.05. The first-order valence-corrected chi connectivity index (χ1v) is 8.62. The summed E-state index contributed by atoms with van der Waals surface area (Å²) in [6.45, 7) is 4.94. The molecule has 1 aliphatic heterocycles.